The SMILES string of the molecule is CC1=CC2=NC(=O)/C(=C\c3ccc(N(C)C)c(Br)c3)C(=N)N2O1. The molecule has 2 aliphatic heterocycles. The van der Waals surface area contributed by atoms with E-state index in [1.165, 1.54) is 5.06 Å². The summed E-state index contributed by atoms with van der Waals surface area (Å²) in [5.74, 6) is 0.490. The van der Waals surface area contributed by atoms with Crippen LogP contribution in [0.2, 0.25) is 0 Å². The van der Waals surface area contributed by atoms with Crippen molar-refractivity contribution in [2.75, 3.05) is 19.0 Å². The highest BCUT2D eigenvalue weighted by Crippen LogP contribution is 2.28. The van der Waals surface area contributed by atoms with Gasteiger partial charge in [0.15, 0.2) is 11.7 Å². The first-order valence-electron chi connectivity index (χ1n) is 6.94. The topological polar surface area (TPSA) is 69.0 Å². The van der Waals surface area contributed by atoms with Crippen molar-refractivity contribution in [3.8, 4) is 0 Å². The summed E-state index contributed by atoms with van der Waals surface area (Å²) in [5.41, 5.74) is 2.03. The van der Waals surface area contributed by atoms with E-state index in [2.05, 4.69) is 20.9 Å². The van der Waals surface area contributed by atoms with Gasteiger partial charge in [-0.25, -0.2) is 0 Å². The lowest BCUT2D eigenvalue weighted by Gasteiger charge is -2.23. The van der Waals surface area contributed by atoms with Crippen LogP contribution >= 0.6 is 15.9 Å². The largest absolute Gasteiger partial charge is 0.377 e. The van der Waals surface area contributed by atoms with Gasteiger partial charge in [0, 0.05) is 24.6 Å². The molecule has 1 amide bonds. The Balaban J connectivity index is 1.96. The van der Waals surface area contributed by atoms with E-state index in [4.69, 9.17) is 10.2 Å². The average Bonchev–Trinajstić information content (AvgIpc) is 2.83. The van der Waals surface area contributed by atoms with E-state index < -0.39 is 5.91 Å². The molecule has 0 atom stereocenters. The van der Waals surface area contributed by atoms with Crippen LogP contribution in [-0.2, 0) is 9.63 Å². The third-order valence-electron chi connectivity index (χ3n) is 3.44. The highest BCUT2D eigenvalue weighted by Gasteiger charge is 2.34. The van der Waals surface area contributed by atoms with Crippen molar-refractivity contribution < 1.29 is 9.63 Å². The standard InChI is InChI=1S/C16H15BrN4O2/c1-9-6-14-19-16(22)11(15(18)21(14)23-9)7-10-4-5-13(20(2)3)12(17)8-10/h4-8,18H,1-3H3/b11-7-,18-15?. The third-order valence-corrected chi connectivity index (χ3v) is 4.08. The van der Waals surface area contributed by atoms with Crippen molar-refractivity contribution in [3.05, 3.63) is 45.6 Å². The monoisotopic (exact) mass is 374 g/mol. The van der Waals surface area contributed by atoms with Crippen LogP contribution in [0.3, 0.4) is 0 Å². The number of nitrogens with zero attached hydrogens (tertiary/aromatic N) is 3. The Morgan fingerprint density at radius 1 is 1.39 bits per heavy atom. The van der Waals surface area contributed by atoms with Gasteiger partial charge < -0.3 is 9.74 Å². The first kappa shape index (κ1) is 15.5. The first-order valence-corrected chi connectivity index (χ1v) is 7.73. The lowest BCUT2D eigenvalue weighted by molar-refractivity contribution is -0.114. The molecule has 0 bridgehead atoms. The van der Waals surface area contributed by atoms with Gasteiger partial charge in [0.25, 0.3) is 5.91 Å². The zero-order valence-electron chi connectivity index (χ0n) is 12.9. The quantitative estimate of drug-likeness (QED) is 0.807. The summed E-state index contributed by atoms with van der Waals surface area (Å²) >= 11 is 3.52. The number of carbonyl (C=O) groups excluding carboxylic acids is 1. The number of allylic oxidation sites excluding steroid dienone is 1. The van der Waals surface area contributed by atoms with Gasteiger partial charge >= 0.3 is 0 Å². The van der Waals surface area contributed by atoms with Gasteiger partial charge in [-0.1, -0.05) is 6.07 Å². The number of hydrogen-bond acceptors (Lipinski definition) is 4. The summed E-state index contributed by atoms with van der Waals surface area (Å²) < 4.78 is 0.908. The van der Waals surface area contributed by atoms with Crippen molar-refractivity contribution in [2.45, 2.75) is 6.92 Å². The lowest BCUT2D eigenvalue weighted by Crippen LogP contribution is -2.38. The molecule has 0 aliphatic carbocycles. The van der Waals surface area contributed by atoms with Crippen LogP contribution in [0.4, 0.5) is 5.69 Å². The first-order chi connectivity index (χ1) is 10.9. The van der Waals surface area contributed by atoms with Gasteiger partial charge in [-0.05, 0) is 46.6 Å². The number of benzene rings is 1. The number of hydroxylamine groups is 2. The molecular weight excluding hydrogens is 360 g/mol. The number of amidine groups is 2. The van der Waals surface area contributed by atoms with E-state index in [0.717, 1.165) is 15.7 Å². The molecule has 2 heterocycles. The Hall–Kier alpha value is -2.41. The minimum atomic E-state index is -0.441. The number of fused-ring (bicyclic) bond motifs is 1. The van der Waals surface area contributed by atoms with Crippen LogP contribution < -0.4 is 4.90 Å². The van der Waals surface area contributed by atoms with E-state index in [1.807, 2.05) is 37.2 Å². The van der Waals surface area contributed by atoms with Gasteiger partial charge in [-0.2, -0.15) is 4.99 Å². The highest BCUT2D eigenvalue weighted by atomic mass is 79.9. The van der Waals surface area contributed by atoms with Gasteiger partial charge in [-0.3, -0.25) is 10.2 Å². The van der Waals surface area contributed by atoms with Crippen molar-refractivity contribution >= 4 is 45.3 Å². The molecule has 0 aromatic heterocycles. The number of nitrogens with one attached hydrogen (secondary N) is 1. The maximum Gasteiger partial charge on any atom is 0.282 e. The van der Waals surface area contributed by atoms with E-state index in [1.54, 1.807) is 19.1 Å². The maximum absolute atomic E-state index is 12.2. The van der Waals surface area contributed by atoms with Crippen LogP contribution in [0.1, 0.15) is 12.5 Å². The van der Waals surface area contributed by atoms with Crippen LogP contribution in [0.15, 0.2) is 45.1 Å². The van der Waals surface area contributed by atoms with Crippen molar-refractivity contribution in [1.82, 2.24) is 5.06 Å². The predicted molar refractivity (Wildman–Crippen MR) is 93.3 cm³/mol. The molecule has 0 unspecified atom stereocenters. The smallest absolute Gasteiger partial charge is 0.282 e. The fraction of sp³-hybridized carbons (Fsp3) is 0.188. The van der Waals surface area contributed by atoms with E-state index >= 15 is 0 Å². The molecule has 1 N–H and O–H groups in total. The summed E-state index contributed by atoms with van der Waals surface area (Å²) in [5, 5.41) is 9.44. The molecule has 0 saturated heterocycles. The molecule has 1 aromatic rings. The van der Waals surface area contributed by atoms with Crippen molar-refractivity contribution in [3.63, 3.8) is 0 Å². The molecule has 1 aromatic carbocycles. The molecule has 7 heteroatoms. The summed E-state index contributed by atoms with van der Waals surface area (Å²) in [4.78, 5) is 23.5. The fourth-order valence-electron chi connectivity index (χ4n) is 2.34. The van der Waals surface area contributed by atoms with Crippen LogP contribution in [0.5, 0.6) is 0 Å². The molecule has 6 nitrogen and oxygen atoms in total. The Morgan fingerprint density at radius 3 is 2.78 bits per heavy atom. The number of halogens is 1. The van der Waals surface area contributed by atoms with Crippen molar-refractivity contribution in [1.29, 1.82) is 5.41 Å². The number of hydrogen-bond donors (Lipinski definition) is 1. The fourth-order valence-corrected chi connectivity index (χ4v) is 3.09. The summed E-state index contributed by atoms with van der Waals surface area (Å²) in [7, 11) is 3.91. The third kappa shape index (κ3) is 2.79. The summed E-state index contributed by atoms with van der Waals surface area (Å²) in [6.45, 7) is 1.75. The van der Waals surface area contributed by atoms with E-state index in [0.29, 0.717) is 11.6 Å². The normalized spacial score (nSPS) is 18.6. The second-order valence-electron chi connectivity index (χ2n) is 5.43. The second-order valence-corrected chi connectivity index (χ2v) is 6.28. The van der Waals surface area contributed by atoms with Gasteiger partial charge in [0.1, 0.15) is 5.76 Å². The molecule has 0 radical (unpaired) electrons. The molecule has 0 fully saturated rings. The summed E-state index contributed by atoms with van der Waals surface area (Å²) in [6.07, 6.45) is 3.28. The van der Waals surface area contributed by atoms with Crippen molar-refractivity contribution in [2.24, 2.45) is 4.99 Å². The van der Waals surface area contributed by atoms with Crippen LogP contribution in [-0.4, -0.2) is 36.7 Å². The Labute approximate surface area is 142 Å². The highest BCUT2D eigenvalue weighted by molar-refractivity contribution is 9.10. The maximum atomic E-state index is 12.2. The minimum absolute atomic E-state index is 0.0130. The van der Waals surface area contributed by atoms with E-state index in [-0.39, 0.29) is 11.4 Å². The molecule has 2 aliphatic rings. The zero-order chi connectivity index (χ0) is 16.7. The lowest BCUT2D eigenvalue weighted by atomic mass is 10.1. The number of carbonyl (C=O) groups is 1. The number of amides is 1. The molecule has 0 saturated carbocycles. The Kier molecular flexibility index (Phi) is 3.81. The van der Waals surface area contributed by atoms with Gasteiger partial charge in [0.2, 0.25) is 0 Å². The summed E-state index contributed by atoms with van der Waals surface area (Å²) in [6, 6.07) is 5.73. The zero-order valence-corrected chi connectivity index (χ0v) is 14.5. The number of aliphatic imine (C=N–C) groups is 1. The molecule has 0 spiro atoms. The Morgan fingerprint density at radius 2 is 2.13 bits per heavy atom. The average molecular weight is 375 g/mol. The molecule has 3 rings (SSSR count). The van der Waals surface area contributed by atoms with Gasteiger partial charge in [-0.15, -0.1) is 5.06 Å². The second kappa shape index (κ2) is 5.66. The molecule has 118 valence electrons. The van der Waals surface area contributed by atoms with Crippen LogP contribution in [0, 0.1) is 5.41 Å². The minimum Gasteiger partial charge on any atom is -0.377 e. The van der Waals surface area contributed by atoms with Gasteiger partial charge in [0.05, 0.1) is 11.3 Å². The number of rotatable bonds is 2. The molecule has 23 heavy (non-hydrogen) atoms. The predicted octanol–water partition coefficient (Wildman–Crippen LogP) is 2.97. The van der Waals surface area contributed by atoms with Crippen LogP contribution in [0.25, 0.3) is 6.08 Å². The molecular formula is C16H15BrN4O2. The van der Waals surface area contributed by atoms with E-state index in [9.17, 15) is 4.79 Å². The Bertz CT molecular complexity index is 808. The number of anilines is 1.